The molecule has 0 aromatic rings. The Kier molecular flexibility index (Phi) is 24.3. The Bertz CT molecular complexity index is 381. The van der Waals surface area contributed by atoms with Crippen molar-refractivity contribution in [2.24, 2.45) is 0 Å². The Hall–Kier alpha value is -0.0400. The molecule has 0 bridgehead atoms. The van der Waals surface area contributed by atoms with E-state index in [9.17, 15) is 0 Å². The average molecular weight is 495 g/mol. The first-order chi connectivity index (χ1) is 16.9. The summed E-state index contributed by atoms with van der Waals surface area (Å²) in [6.07, 6.45) is 35.7. The Morgan fingerprint density at radius 3 is 0.829 bits per heavy atom. The first kappa shape index (κ1) is 35.0. The van der Waals surface area contributed by atoms with Crippen LogP contribution in [0.4, 0.5) is 0 Å². The molecule has 0 heterocycles. The number of hydrogen-bond acceptors (Lipinski definition) is 1. The average Bonchev–Trinajstić information content (AvgIpc) is 2.81. The number of rotatable bonds is 28. The first-order valence-electron chi connectivity index (χ1n) is 16.7. The molecular formula is C34H70O. The maximum absolute atomic E-state index is 7.07. The second-order valence-corrected chi connectivity index (χ2v) is 12.4. The van der Waals surface area contributed by atoms with Gasteiger partial charge in [-0.15, -0.1) is 0 Å². The van der Waals surface area contributed by atoms with E-state index in [2.05, 4.69) is 41.5 Å². The molecule has 0 rings (SSSR count). The summed E-state index contributed by atoms with van der Waals surface area (Å²) in [6.45, 7) is 14.1. The lowest BCUT2D eigenvalue weighted by Crippen LogP contribution is -2.41. The lowest BCUT2D eigenvalue weighted by atomic mass is 9.88. The molecule has 0 aliphatic carbocycles. The topological polar surface area (TPSA) is 9.23 Å². The zero-order valence-corrected chi connectivity index (χ0v) is 25.8. The van der Waals surface area contributed by atoms with Crippen molar-refractivity contribution in [3.8, 4) is 0 Å². The lowest BCUT2D eigenvalue weighted by molar-refractivity contribution is -0.156. The minimum absolute atomic E-state index is 0.0668. The molecule has 1 heteroatoms. The molecular weight excluding hydrogens is 424 g/mol. The third kappa shape index (κ3) is 21.7. The van der Waals surface area contributed by atoms with Crippen molar-refractivity contribution in [1.29, 1.82) is 0 Å². The Balaban J connectivity index is 4.23. The summed E-state index contributed by atoms with van der Waals surface area (Å²) in [5, 5.41) is 0. The van der Waals surface area contributed by atoms with Crippen molar-refractivity contribution in [1.82, 2.24) is 0 Å². The van der Waals surface area contributed by atoms with Crippen LogP contribution < -0.4 is 0 Å². The van der Waals surface area contributed by atoms with Gasteiger partial charge in [-0.05, 0) is 39.5 Å². The van der Waals surface area contributed by atoms with Crippen LogP contribution in [-0.4, -0.2) is 11.2 Å². The van der Waals surface area contributed by atoms with Crippen LogP contribution in [0.3, 0.4) is 0 Å². The van der Waals surface area contributed by atoms with Gasteiger partial charge in [0.15, 0.2) is 0 Å². The molecule has 212 valence electrons. The first-order valence-corrected chi connectivity index (χ1v) is 16.7. The van der Waals surface area contributed by atoms with Gasteiger partial charge in [0.2, 0.25) is 0 Å². The van der Waals surface area contributed by atoms with Gasteiger partial charge in [-0.1, -0.05) is 169 Å². The van der Waals surface area contributed by atoms with Gasteiger partial charge in [-0.3, -0.25) is 0 Å². The van der Waals surface area contributed by atoms with Gasteiger partial charge in [0.1, 0.15) is 0 Å². The van der Waals surface area contributed by atoms with Gasteiger partial charge in [0.05, 0.1) is 11.2 Å². The fourth-order valence-electron chi connectivity index (χ4n) is 6.08. The molecule has 0 fully saturated rings. The maximum Gasteiger partial charge on any atom is 0.0661 e. The Morgan fingerprint density at radius 2 is 0.571 bits per heavy atom. The molecule has 0 amide bonds. The van der Waals surface area contributed by atoms with E-state index in [0.717, 1.165) is 0 Å². The van der Waals surface area contributed by atoms with Gasteiger partial charge >= 0.3 is 0 Å². The highest BCUT2D eigenvalue weighted by atomic mass is 16.5. The second-order valence-electron chi connectivity index (χ2n) is 12.4. The summed E-state index contributed by atoms with van der Waals surface area (Å²) in [5.41, 5.74) is 0.134. The minimum Gasteiger partial charge on any atom is -0.369 e. The van der Waals surface area contributed by atoms with Gasteiger partial charge in [0.25, 0.3) is 0 Å². The van der Waals surface area contributed by atoms with Gasteiger partial charge in [-0.2, -0.15) is 0 Å². The summed E-state index contributed by atoms with van der Waals surface area (Å²) in [5.74, 6) is 0. The molecule has 1 nitrogen and oxygen atoms in total. The quantitative estimate of drug-likeness (QED) is 0.0982. The predicted molar refractivity (Wildman–Crippen MR) is 161 cm³/mol. The molecule has 0 spiro atoms. The highest BCUT2D eigenvalue weighted by Gasteiger charge is 2.34. The molecule has 0 saturated carbocycles. The van der Waals surface area contributed by atoms with Crippen molar-refractivity contribution in [3.63, 3.8) is 0 Å². The fourth-order valence-corrected chi connectivity index (χ4v) is 6.08. The highest BCUT2D eigenvalue weighted by molar-refractivity contribution is 4.84. The zero-order valence-electron chi connectivity index (χ0n) is 25.8. The van der Waals surface area contributed by atoms with E-state index in [1.165, 1.54) is 167 Å². The van der Waals surface area contributed by atoms with E-state index in [0.29, 0.717) is 0 Å². The second kappa shape index (κ2) is 24.3. The van der Waals surface area contributed by atoms with Crippen molar-refractivity contribution in [3.05, 3.63) is 0 Å². The van der Waals surface area contributed by atoms with E-state index in [1.54, 1.807) is 0 Å². The zero-order chi connectivity index (χ0) is 26.1. The van der Waals surface area contributed by atoms with Crippen LogP contribution in [0.1, 0.15) is 208 Å². The van der Waals surface area contributed by atoms with Crippen LogP contribution in [0, 0.1) is 0 Å². The molecule has 2 unspecified atom stereocenters. The number of ether oxygens (including phenoxy) is 1. The van der Waals surface area contributed by atoms with E-state index >= 15 is 0 Å². The number of unbranched alkanes of at least 4 members (excludes halogenated alkanes) is 18. The van der Waals surface area contributed by atoms with Crippen LogP contribution in [0.2, 0.25) is 0 Å². The van der Waals surface area contributed by atoms with E-state index in [-0.39, 0.29) is 11.2 Å². The molecule has 0 aromatic carbocycles. The molecule has 0 aliphatic rings. The summed E-state index contributed by atoms with van der Waals surface area (Å²) >= 11 is 0. The number of hydrogen-bond donors (Lipinski definition) is 0. The van der Waals surface area contributed by atoms with E-state index in [4.69, 9.17) is 4.74 Å². The third-order valence-electron chi connectivity index (χ3n) is 8.17. The summed E-state index contributed by atoms with van der Waals surface area (Å²) in [4.78, 5) is 0. The SMILES string of the molecule is CCCCCCCCCCCCC(C)(CCC)OC(C)(CCC)CCCCCCCCCCCC. The smallest absolute Gasteiger partial charge is 0.0661 e. The van der Waals surface area contributed by atoms with Crippen LogP contribution in [0.15, 0.2) is 0 Å². The molecule has 0 saturated heterocycles. The largest absolute Gasteiger partial charge is 0.369 e. The maximum atomic E-state index is 7.07. The van der Waals surface area contributed by atoms with E-state index in [1.807, 2.05) is 0 Å². The van der Waals surface area contributed by atoms with Crippen molar-refractivity contribution in [2.45, 2.75) is 220 Å². The van der Waals surface area contributed by atoms with Gasteiger partial charge < -0.3 is 4.74 Å². The molecule has 2 atom stereocenters. The lowest BCUT2D eigenvalue weighted by Gasteiger charge is -2.41. The van der Waals surface area contributed by atoms with E-state index < -0.39 is 0 Å². The third-order valence-corrected chi connectivity index (χ3v) is 8.17. The highest BCUT2D eigenvalue weighted by Crippen LogP contribution is 2.35. The van der Waals surface area contributed by atoms with Crippen LogP contribution in [-0.2, 0) is 4.74 Å². The van der Waals surface area contributed by atoms with Crippen molar-refractivity contribution in [2.75, 3.05) is 0 Å². The normalized spacial score (nSPS) is 15.3. The van der Waals surface area contributed by atoms with Crippen molar-refractivity contribution >= 4 is 0 Å². The molecule has 0 radical (unpaired) electrons. The fraction of sp³-hybridized carbons (Fsp3) is 1.00. The summed E-state index contributed by atoms with van der Waals surface area (Å²) in [7, 11) is 0. The van der Waals surface area contributed by atoms with Gasteiger partial charge in [0, 0.05) is 0 Å². The van der Waals surface area contributed by atoms with Gasteiger partial charge in [-0.25, -0.2) is 0 Å². The summed E-state index contributed by atoms with van der Waals surface area (Å²) < 4.78 is 7.07. The van der Waals surface area contributed by atoms with Crippen molar-refractivity contribution < 1.29 is 4.74 Å². The molecule has 0 N–H and O–H groups in total. The van der Waals surface area contributed by atoms with Crippen LogP contribution >= 0.6 is 0 Å². The molecule has 0 aliphatic heterocycles. The Labute approximate surface area is 224 Å². The monoisotopic (exact) mass is 495 g/mol. The minimum atomic E-state index is 0.0668. The van der Waals surface area contributed by atoms with Crippen LogP contribution in [0.5, 0.6) is 0 Å². The molecule has 0 aromatic heterocycles. The van der Waals surface area contributed by atoms with Crippen LogP contribution in [0.25, 0.3) is 0 Å². The Morgan fingerprint density at radius 1 is 0.314 bits per heavy atom. The standard InChI is InChI=1S/C34H70O/c1-7-11-13-15-17-19-21-23-25-27-31-33(5,29-9-3)35-34(6,30-10-4)32-28-26-24-22-20-18-16-14-12-8-2/h7-32H2,1-6H3. The summed E-state index contributed by atoms with van der Waals surface area (Å²) in [6, 6.07) is 0. The molecule has 35 heavy (non-hydrogen) atoms. The predicted octanol–water partition coefficient (Wildman–Crippen LogP) is 12.7.